The van der Waals surface area contributed by atoms with Gasteiger partial charge in [0.05, 0.1) is 18.3 Å². The number of imidazole rings is 1. The van der Waals surface area contributed by atoms with E-state index < -0.39 is 17.6 Å². The van der Waals surface area contributed by atoms with Crippen LogP contribution in [0.5, 0.6) is 0 Å². The smallest absolute Gasteiger partial charge is 0.323 e. The van der Waals surface area contributed by atoms with Gasteiger partial charge in [-0.15, -0.1) is 0 Å². The molecule has 0 saturated heterocycles. The molecular formula is C28H26ClF3N4O3. The summed E-state index contributed by atoms with van der Waals surface area (Å²) in [7, 11) is 0. The standard InChI is InChI=1S/C16H13ClF3NO.C12H13N3O2/c1-2-10-8-11(6-7-14(10)17)15(22)21-13-5-3-4-12(9-13)16(18,19)20;1-3-4-12(17)14-5-6-15-10(9(2)16)7-13-11(15)8-14/h3-9H,2H2,1H3,(H,21,22);7H,5-6,8H2,1-2H3. The lowest BCUT2D eigenvalue weighted by molar-refractivity contribution is -0.137. The lowest BCUT2D eigenvalue weighted by Crippen LogP contribution is -2.38. The Morgan fingerprint density at radius 1 is 1.13 bits per heavy atom. The van der Waals surface area contributed by atoms with Crippen LogP contribution >= 0.6 is 11.6 Å². The third kappa shape index (κ3) is 7.48. The Hall–Kier alpha value is -4.10. The Morgan fingerprint density at radius 3 is 2.51 bits per heavy atom. The number of aryl methyl sites for hydroxylation is 1. The van der Waals surface area contributed by atoms with Gasteiger partial charge in [0.2, 0.25) is 0 Å². The van der Waals surface area contributed by atoms with Crippen LogP contribution in [0.2, 0.25) is 5.02 Å². The maximum atomic E-state index is 12.6. The van der Waals surface area contributed by atoms with Crippen molar-refractivity contribution in [1.29, 1.82) is 0 Å². The number of amides is 2. The number of nitrogens with zero attached hydrogens (tertiary/aromatic N) is 3. The summed E-state index contributed by atoms with van der Waals surface area (Å²) in [5, 5.41) is 3.01. The van der Waals surface area contributed by atoms with E-state index in [0.29, 0.717) is 42.3 Å². The molecule has 2 amide bonds. The van der Waals surface area contributed by atoms with Gasteiger partial charge in [0.25, 0.3) is 11.8 Å². The average molecular weight is 559 g/mol. The van der Waals surface area contributed by atoms with Crippen LogP contribution in [0.4, 0.5) is 18.9 Å². The molecule has 0 bridgehead atoms. The van der Waals surface area contributed by atoms with Gasteiger partial charge < -0.3 is 14.8 Å². The Morgan fingerprint density at radius 2 is 1.87 bits per heavy atom. The average Bonchev–Trinajstić information content (AvgIpc) is 3.33. The molecule has 204 valence electrons. The Balaban J connectivity index is 0.000000223. The van der Waals surface area contributed by atoms with Crippen molar-refractivity contribution < 1.29 is 27.6 Å². The zero-order chi connectivity index (χ0) is 28.7. The number of hydrogen-bond donors (Lipinski definition) is 1. The van der Waals surface area contributed by atoms with Crippen molar-refractivity contribution in [2.75, 3.05) is 11.9 Å². The number of rotatable bonds is 4. The normalized spacial score (nSPS) is 12.3. The number of fused-ring (bicyclic) bond motifs is 1. The number of benzene rings is 2. The maximum Gasteiger partial charge on any atom is 0.416 e. The third-order valence-corrected chi connectivity index (χ3v) is 6.25. The summed E-state index contributed by atoms with van der Waals surface area (Å²) < 4.78 is 39.8. The van der Waals surface area contributed by atoms with Crippen molar-refractivity contribution in [3.63, 3.8) is 0 Å². The summed E-state index contributed by atoms with van der Waals surface area (Å²) in [4.78, 5) is 40.9. The van der Waals surface area contributed by atoms with Crippen LogP contribution in [0.3, 0.4) is 0 Å². The summed E-state index contributed by atoms with van der Waals surface area (Å²) >= 11 is 5.98. The summed E-state index contributed by atoms with van der Waals surface area (Å²) in [6.07, 6.45) is -2.23. The van der Waals surface area contributed by atoms with Crippen molar-refractivity contribution >= 4 is 34.9 Å². The second-order valence-electron chi connectivity index (χ2n) is 8.56. The van der Waals surface area contributed by atoms with E-state index in [1.54, 1.807) is 30.2 Å². The van der Waals surface area contributed by atoms with Crippen LogP contribution in [0.1, 0.15) is 58.6 Å². The summed E-state index contributed by atoms with van der Waals surface area (Å²) in [5.41, 5.74) is 1.04. The number of nitrogens with one attached hydrogen (secondary N) is 1. The molecule has 1 aliphatic rings. The van der Waals surface area contributed by atoms with Crippen LogP contribution < -0.4 is 5.32 Å². The minimum Gasteiger partial charge on any atom is -0.323 e. The molecule has 3 aromatic rings. The van der Waals surface area contributed by atoms with E-state index in [4.69, 9.17) is 11.6 Å². The summed E-state index contributed by atoms with van der Waals surface area (Å²) in [6, 6.07) is 9.26. The number of anilines is 1. The van der Waals surface area contributed by atoms with Crippen LogP contribution in [-0.4, -0.2) is 38.6 Å². The fourth-order valence-corrected chi connectivity index (χ4v) is 4.12. The van der Waals surface area contributed by atoms with E-state index in [9.17, 15) is 27.6 Å². The van der Waals surface area contributed by atoms with Crippen molar-refractivity contribution in [1.82, 2.24) is 14.5 Å². The van der Waals surface area contributed by atoms with Gasteiger partial charge in [-0.3, -0.25) is 14.4 Å². The number of ketones is 1. The van der Waals surface area contributed by atoms with E-state index >= 15 is 0 Å². The van der Waals surface area contributed by atoms with Gasteiger partial charge in [-0.2, -0.15) is 13.2 Å². The highest BCUT2D eigenvalue weighted by Crippen LogP contribution is 2.31. The number of hydrogen-bond acceptors (Lipinski definition) is 4. The van der Waals surface area contributed by atoms with Gasteiger partial charge in [-0.25, -0.2) is 4.98 Å². The van der Waals surface area contributed by atoms with Crippen LogP contribution in [-0.2, 0) is 30.5 Å². The highest BCUT2D eigenvalue weighted by atomic mass is 35.5. The largest absolute Gasteiger partial charge is 0.416 e. The first-order valence-corrected chi connectivity index (χ1v) is 12.4. The molecule has 0 aliphatic carbocycles. The summed E-state index contributed by atoms with van der Waals surface area (Å²) in [5.74, 6) is 5.17. The molecule has 2 heterocycles. The predicted molar refractivity (Wildman–Crippen MR) is 141 cm³/mol. The van der Waals surface area contributed by atoms with Gasteiger partial charge in [-0.05, 0) is 61.2 Å². The third-order valence-electron chi connectivity index (χ3n) is 5.88. The van der Waals surface area contributed by atoms with Gasteiger partial charge in [0, 0.05) is 36.3 Å². The number of carbonyl (C=O) groups is 3. The topological polar surface area (TPSA) is 84.3 Å². The lowest BCUT2D eigenvalue weighted by Gasteiger charge is -2.26. The Kier molecular flexibility index (Phi) is 9.54. The van der Waals surface area contributed by atoms with E-state index in [0.717, 1.165) is 23.5 Å². The SMILES string of the molecule is CC#CC(=O)N1CCn2c(C(C)=O)cnc2C1.CCc1cc(C(=O)Nc2cccc(C(F)(F)F)c2)ccc1Cl. The molecule has 1 aliphatic heterocycles. The quantitative estimate of drug-likeness (QED) is 0.332. The predicted octanol–water partition coefficient (Wildman–Crippen LogP) is 5.62. The second-order valence-corrected chi connectivity index (χ2v) is 8.97. The maximum absolute atomic E-state index is 12.6. The number of aromatic nitrogens is 2. The zero-order valence-electron chi connectivity index (χ0n) is 21.5. The molecule has 0 unspecified atom stereocenters. The number of Topliss-reactive ketones (excluding diaryl/α,β-unsaturated/α-hetero) is 1. The molecule has 4 rings (SSSR count). The molecule has 2 aromatic carbocycles. The first kappa shape index (κ1) is 29.5. The van der Waals surface area contributed by atoms with E-state index in [1.807, 2.05) is 11.5 Å². The lowest BCUT2D eigenvalue weighted by atomic mass is 10.1. The molecule has 0 fully saturated rings. The van der Waals surface area contributed by atoms with Crippen molar-refractivity contribution in [2.45, 2.75) is 46.5 Å². The molecule has 39 heavy (non-hydrogen) atoms. The number of alkyl halides is 3. The van der Waals surface area contributed by atoms with E-state index in [1.165, 1.54) is 25.1 Å². The molecule has 1 N–H and O–H groups in total. The molecule has 7 nitrogen and oxygen atoms in total. The van der Waals surface area contributed by atoms with Crippen molar-refractivity contribution in [3.05, 3.63) is 81.9 Å². The van der Waals surface area contributed by atoms with Gasteiger partial charge in [-0.1, -0.05) is 30.5 Å². The zero-order valence-corrected chi connectivity index (χ0v) is 22.3. The molecular weight excluding hydrogens is 533 g/mol. The van der Waals surface area contributed by atoms with Crippen LogP contribution in [0, 0.1) is 11.8 Å². The molecule has 1 aromatic heterocycles. The summed E-state index contributed by atoms with van der Waals surface area (Å²) in [6.45, 7) is 6.63. The monoisotopic (exact) mass is 558 g/mol. The molecule has 0 spiro atoms. The first-order chi connectivity index (χ1) is 18.4. The molecule has 0 atom stereocenters. The van der Waals surface area contributed by atoms with Gasteiger partial charge in [0.15, 0.2) is 5.78 Å². The fraction of sp³-hybridized carbons (Fsp3) is 0.286. The Labute approximate surface area is 229 Å². The van der Waals surface area contributed by atoms with Crippen molar-refractivity contribution in [2.24, 2.45) is 0 Å². The molecule has 0 saturated carbocycles. The highest BCUT2D eigenvalue weighted by molar-refractivity contribution is 6.31. The van der Waals surface area contributed by atoms with Crippen molar-refractivity contribution in [3.8, 4) is 11.8 Å². The molecule has 11 heteroatoms. The number of halogens is 4. The van der Waals surface area contributed by atoms with E-state index in [2.05, 4.69) is 22.1 Å². The van der Waals surface area contributed by atoms with Gasteiger partial charge >= 0.3 is 6.18 Å². The molecule has 0 radical (unpaired) electrons. The van der Waals surface area contributed by atoms with Crippen LogP contribution in [0.25, 0.3) is 0 Å². The Bertz CT molecular complexity index is 1450. The first-order valence-electron chi connectivity index (χ1n) is 12.0. The highest BCUT2D eigenvalue weighted by Gasteiger charge is 2.30. The van der Waals surface area contributed by atoms with Crippen LogP contribution in [0.15, 0.2) is 48.7 Å². The number of carbonyl (C=O) groups excluding carboxylic acids is 3. The second kappa shape index (κ2) is 12.6. The minimum absolute atomic E-state index is 0.00289. The minimum atomic E-state index is -4.45. The fourth-order valence-electron chi connectivity index (χ4n) is 3.86. The van der Waals surface area contributed by atoms with Gasteiger partial charge in [0.1, 0.15) is 11.5 Å². The van der Waals surface area contributed by atoms with E-state index in [-0.39, 0.29) is 17.4 Å².